The van der Waals surface area contributed by atoms with Gasteiger partial charge in [-0.25, -0.2) is 4.98 Å². The first-order valence-corrected chi connectivity index (χ1v) is 8.35. The number of benzene rings is 2. The van der Waals surface area contributed by atoms with E-state index >= 15 is 0 Å². The van der Waals surface area contributed by atoms with Crippen LogP contribution in [0, 0.1) is 0 Å². The minimum atomic E-state index is 0.143. The van der Waals surface area contributed by atoms with Gasteiger partial charge in [0.2, 0.25) is 0 Å². The lowest BCUT2D eigenvalue weighted by molar-refractivity contribution is 0.319. The summed E-state index contributed by atoms with van der Waals surface area (Å²) in [7, 11) is 0. The summed E-state index contributed by atoms with van der Waals surface area (Å²) >= 11 is 0. The SMILES string of the molecule is CCCOc1ccc(-c2nc3ccccc3n2C(C)CN)cc1N. The molecule has 1 aromatic heterocycles. The third kappa shape index (κ3) is 2.95. The maximum Gasteiger partial charge on any atom is 0.142 e. The van der Waals surface area contributed by atoms with Crippen molar-refractivity contribution < 1.29 is 4.74 Å². The highest BCUT2D eigenvalue weighted by Crippen LogP contribution is 2.32. The number of aromatic nitrogens is 2. The van der Waals surface area contributed by atoms with Crippen molar-refractivity contribution >= 4 is 16.7 Å². The smallest absolute Gasteiger partial charge is 0.142 e. The Morgan fingerprint density at radius 2 is 2.00 bits per heavy atom. The van der Waals surface area contributed by atoms with Crippen LogP contribution in [0.1, 0.15) is 26.3 Å². The summed E-state index contributed by atoms with van der Waals surface area (Å²) in [6.07, 6.45) is 0.949. The van der Waals surface area contributed by atoms with E-state index in [1.165, 1.54) is 0 Å². The zero-order chi connectivity index (χ0) is 17.1. The van der Waals surface area contributed by atoms with E-state index in [0.717, 1.165) is 34.6 Å². The molecule has 0 spiro atoms. The largest absolute Gasteiger partial charge is 0.491 e. The number of hydrogen-bond acceptors (Lipinski definition) is 4. The summed E-state index contributed by atoms with van der Waals surface area (Å²) in [5.41, 5.74) is 15.7. The van der Waals surface area contributed by atoms with E-state index in [9.17, 15) is 0 Å². The summed E-state index contributed by atoms with van der Waals surface area (Å²) in [4.78, 5) is 4.80. The molecule has 0 radical (unpaired) electrons. The van der Waals surface area contributed by atoms with Crippen molar-refractivity contribution in [3.63, 3.8) is 0 Å². The fourth-order valence-electron chi connectivity index (χ4n) is 2.83. The molecule has 2 aromatic carbocycles. The number of anilines is 1. The number of imidazole rings is 1. The highest BCUT2D eigenvalue weighted by atomic mass is 16.5. The second-order valence-electron chi connectivity index (χ2n) is 5.98. The number of para-hydroxylation sites is 2. The van der Waals surface area contributed by atoms with Gasteiger partial charge in [0.15, 0.2) is 0 Å². The summed E-state index contributed by atoms with van der Waals surface area (Å²) < 4.78 is 7.84. The van der Waals surface area contributed by atoms with E-state index in [1.807, 2.05) is 36.4 Å². The van der Waals surface area contributed by atoms with Crippen LogP contribution in [0.2, 0.25) is 0 Å². The number of nitrogens with two attached hydrogens (primary N) is 2. The molecule has 1 unspecified atom stereocenters. The summed E-state index contributed by atoms with van der Waals surface area (Å²) in [6.45, 7) is 5.37. The van der Waals surface area contributed by atoms with E-state index < -0.39 is 0 Å². The first kappa shape index (κ1) is 16.3. The minimum Gasteiger partial charge on any atom is -0.491 e. The van der Waals surface area contributed by atoms with Crippen molar-refractivity contribution in [1.29, 1.82) is 0 Å². The highest BCUT2D eigenvalue weighted by molar-refractivity contribution is 5.81. The van der Waals surface area contributed by atoms with E-state index in [-0.39, 0.29) is 6.04 Å². The Bertz CT molecular complexity index is 840. The summed E-state index contributed by atoms with van der Waals surface area (Å²) in [5.74, 6) is 1.60. The first-order chi connectivity index (χ1) is 11.7. The summed E-state index contributed by atoms with van der Waals surface area (Å²) in [6, 6.07) is 14.1. The van der Waals surface area contributed by atoms with Gasteiger partial charge in [0.1, 0.15) is 11.6 Å². The number of ether oxygens (including phenoxy) is 1. The molecule has 0 fully saturated rings. The quantitative estimate of drug-likeness (QED) is 0.679. The van der Waals surface area contributed by atoms with Crippen molar-refractivity contribution in [1.82, 2.24) is 9.55 Å². The van der Waals surface area contributed by atoms with Crippen LogP contribution in [0.3, 0.4) is 0 Å². The van der Waals surface area contributed by atoms with Gasteiger partial charge < -0.3 is 20.8 Å². The van der Waals surface area contributed by atoms with Crippen LogP contribution in [0.25, 0.3) is 22.4 Å². The predicted octanol–water partition coefficient (Wildman–Crippen LogP) is 3.59. The molecular weight excluding hydrogens is 300 g/mol. The second kappa shape index (κ2) is 6.93. The highest BCUT2D eigenvalue weighted by Gasteiger charge is 2.17. The lowest BCUT2D eigenvalue weighted by Crippen LogP contribution is -2.17. The Kier molecular flexibility index (Phi) is 4.71. The van der Waals surface area contributed by atoms with E-state index in [2.05, 4.69) is 24.5 Å². The van der Waals surface area contributed by atoms with Gasteiger partial charge in [0.05, 0.1) is 23.3 Å². The number of nitrogens with zero attached hydrogens (tertiary/aromatic N) is 2. The number of nitrogen functional groups attached to an aromatic ring is 1. The monoisotopic (exact) mass is 324 g/mol. The van der Waals surface area contributed by atoms with Gasteiger partial charge in [-0.1, -0.05) is 19.1 Å². The van der Waals surface area contributed by atoms with Crippen molar-refractivity contribution in [3.05, 3.63) is 42.5 Å². The molecule has 126 valence electrons. The molecule has 1 heterocycles. The number of rotatable bonds is 6. The van der Waals surface area contributed by atoms with E-state index in [4.69, 9.17) is 21.2 Å². The van der Waals surface area contributed by atoms with Crippen molar-refractivity contribution in [2.75, 3.05) is 18.9 Å². The predicted molar refractivity (Wildman–Crippen MR) is 99.1 cm³/mol. The zero-order valence-electron chi connectivity index (χ0n) is 14.2. The van der Waals surface area contributed by atoms with Gasteiger partial charge in [-0.2, -0.15) is 0 Å². The Balaban J connectivity index is 2.10. The molecule has 0 amide bonds. The molecule has 3 aromatic rings. The van der Waals surface area contributed by atoms with Gasteiger partial charge >= 0.3 is 0 Å². The van der Waals surface area contributed by atoms with E-state index in [0.29, 0.717) is 18.8 Å². The van der Waals surface area contributed by atoms with Crippen LogP contribution in [-0.4, -0.2) is 22.7 Å². The maximum atomic E-state index is 6.17. The standard InChI is InChI=1S/C19H24N4O/c1-3-10-24-18-9-8-14(11-15(18)21)19-22-16-6-4-5-7-17(16)23(19)13(2)12-20/h4-9,11,13H,3,10,12,20-21H2,1-2H3. The average Bonchev–Trinajstić information content (AvgIpc) is 2.99. The lowest BCUT2D eigenvalue weighted by atomic mass is 10.1. The van der Waals surface area contributed by atoms with Crippen molar-refractivity contribution in [2.45, 2.75) is 26.3 Å². The van der Waals surface area contributed by atoms with E-state index in [1.54, 1.807) is 0 Å². The van der Waals surface area contributed by atoms with Crippen LogP contribution >= 0.6 is 0 Å². The van der Waals surface area contributed by atoms with Gasteiger partial charge in [-0.05, 0) is 43.7 Å². The summed E-state index contributed by atoms with van der Waals surface area (Å²) in [5, 5.41) is 0. The average molecular weight is 324 g/mol. The normalized spacial score (nSPS) is 12.5. The molecule has 0 aliphatic rings. The first-order valence-electron chi connectivity index (χ1n) is 8.35. The number of hydrogen-bond donors (Lipinski definition) is 2. The molecule has 0 aliphatic carbocycles. The van der Waals surface area contributed by atoms with Gasteiger partial charge in [0, 0.05) is 18.2 Å². The fourth-order valence-corrected chi connectivity index (χ4v) is 2.83. The van der Waals surface area contributed by atoms with Crippen LogP contribution in [0.5, 0.6) is 5.75 Å². The molecule has 0 saturated carbocycles. The Morgan fingerprint density at radius 3 is 2.71 bits per heavy atom. The van der Waals surface area contributed by atoms with Gasteiger partial charge in [-0.15, -0.1) is 0 Å². The van der Waals surface area contributed by atoms with Crippen molar-refractivity contribution in [3.8, 4) is 17.1 Å². The van der Waals surface area contributed by atoms with Crippen LogP contribution < -0.4 is 16.2 Å². The van der Waals surface area contributed by atoms with Gasteiger partial charge in [-0.3, -0.25) is 0 Å². The van der Waals surface area contributed by atoms with Crippen LogP contribution in [0.15, 0.2) is 42.5 Å². The Morgan fingerprint density at radius 1 is 1.21 bits per heavy atom. The molecule has 5 heteroatoms. The third-order valence-electron chi connectivity index (χ3n) is 4.11. The maximum absolute atomic E-state index is 6.17. The molecule has 0 saturated heterocycles. The molecule has 1 atom stereocenters. The number of fused-ring (bicyclic) bond motifs is 1. The second-order valence-corrected chi connectivity index (χ2v) is 5.98. The molecule has 3 rings (SSSR count). The Labute approximate surface area is 142 Å². The molecular formula is C19H24N4O. The minimum absolute atomic E-state index is 0.143. The van der Waals surface area contributed by atoms with Crippen LogP contribution in [0.4, 0.5) is 5.69 Å². The zero-order valence-corrected chi connectivity index (χ0v) is 14.2. The van der Waals surface area contributed by atoms with Gasteiger partial charge in [0.25, 0.3) is 0 Å². The molecule has 5 nitrogen and oxygen atoms in total. The van der Waals surface area contributed by atoms with Crippen LogP contribution in [-0.2, 0) is 0 Å². The topological polar surface area (TPSA) is 79.1 Å². The third-order valence-corrected chi connectivity index (χ3v) is 4.11. The molecule has 24 heavy (non-hydrogen) atoms. The lowest BCUT2D eigenvalue weighted by Gasteiger charge is -2.16. The molecule has 0 aliphatic heterocycles. The molecule has 0 bridgehead atoms. The fraction of sp³-hybridized carbons (Fsp3) is 0.316. The van der Waals surface area contributed by atoms with Crippen molar-refractivity contribution in [2.24, 2.45) is 5.73 Å². The Hall–Kier alpha value is -2.53. The molecule has 4 N–H and O–H groups in total.